The van der Waals surface area contributed by atoms with E-state index in [0.29, 0.717) is 0 Å². The van der Waals surface area contributed by atoms with Gasteiger partial charge in [-0.2, -0.15) is 0 Å². The third-order valence-electron chi connectivity index (χ3n) is 8.50. The first-order valence-corrected chi connectivity index (χ1v) is 15.2. The maximum Gasteiger partial charge on any atom is 0.143 e. The van der Waals surface area contributed by atoms with E-state index in [-0.39, 0.29) is 0 Å². The quantitative estimate of drug-likeness (QED) is 0.170. The van der Waals surface area contributed by atoms with Crippen molar-refractivity contribution in [3.63, 3.8) is 0 Å². The molecule has 236 valence electrons. The zero-order valence-corrected chi connectivity index (χ0v) is 25.4. The molecule has 0 aliphatic rings. The van der Waals surface area contributed by atoms with Gasteiger partial charge >= 0.3 is 0 Å². The summed E-state index contributed by atoms with van der Waals surface area (Å²) in [4.78, 5) is 0. The third kappa shape index (κ3) is 4.28. The topological polar surface area (TPSA) is 13.1 Å². The van der Waals surface area contributed by atoms with Gasteiger partial charge in [0, 0.05) is 16.2 Å². The highest BCUT2D eigenvalue weighted by Crippen LogP contribution is 2.45. The molecule has 0 bridgehead atoms. The van der Waals surface area contributed by atoms with Crippen LogP contribution >= 0.6 is 0 Å². The highest BCUT2D eigenvalue weighted by Gasteiger charge is 2.18. The summed E-state index contributed by atoms with van der Waals surface area (Å²) in [7, 11) is 0. The second-order valence-corrected chi connectivity index (χ2v) is 11.3. The lowest BCUT2D eigenvalue weighted by Crippen LogP contribution is -1.91. The third-order valence-corrected chi connectivity index (χ3v) is 8.50. The van der Waals surface area contributed by atoms with Crippen LogP contribution in [0.4, 0.5) is 0 Å². The number of hydrogen-bond donors (Lipinski definition) is 0. The molecule has 0 radical (unpaired) electrons. The Morgan fingerprint density at radius 2 is 0.824 bits per heavy atom. The average Bonchev–Trinajstić information content (AvgIpc) is 4.10. The lowest BCUT2D eigenvalue weighted by Gasteiger charge is -2.18. The van der Waals surface area contributed by atoms with Gasteiger partial charge in [0.25, 0.3) is 0 Å². The van der Waals surface area contributed by atoms with Crippen LogP contribution in [0.25, 0.3) is 109 Å². The van der Waals surface area contributed by atoms with Gasteiger partial charge in [-0.25, -0.2) is 0 Å². The van der Waals surface area contributed by atoms with E-state index in [2.05, 4.69) is 0 Å². The van der Waals surface area contributed by atoms with E-state index in [4.69, 9.17) is 26.3 Å². The zero-order chi connectivity index (χ0) is 59.6. The molecule has 10 aromatic carbocycles. The summed E-state index contributed by atoms with van der Waals surface area (Å²) in [5.41, 5.74) is -5.89. The van der Waals surface area contributed by atoms with Crippen molar-refractivity contribution >= 4 is 75.8 Å². The highest BCUT2D eigenvalue weighted by atomic mass is 16.3. The molecule has 0 saturated heterocycles. The van der Waals surface area contributed by atoms with Gasteiger partial charge in [-0.15, -0.1) is 0 Å². The summed E-state index contributed by atoms with van der Waals surface area (Å²) in [6, 6.07) is -27.9. The SMILES string of the molecule is [2H]c1c([2H])c(-c2c([2H])c([2H])c3c([2H])c([2H])c(-c4c5c([2H])c([2H])c([2H])c([2H])c5c(-c5c([2H])c([2H])c6c([2H])c([2H])c([2H])c([2H])c6c5[2H])c5c([2H])c([2H])c([2H])c([2H])c45)c([2H])c3c2[2H])c2c(oc3c4c([2H])c([2H])c([2H])c([2H])c4c([2H])c([2H])c32)c1[2H]. The number of hydrogen-bond acceptors (Lipinski definition) is 1. The van der Waals surface area contributed by atoms with E-state index >= 15 is 0 Å². The van der Waals surface area contributed by atoms with E-state index < -0.39 is 290 Å². The fourth-order valence-corrected chi connectivity index (χ4v) is 6.31. The summed E-state index contributed by atoms with van der Waals surface area (Å²) >= 11 is 0. The van der Waals surface area contributed by atoms with Crippen LogP contribution in [-0.4, -0.2) is 0 Å². The predicted molar refractivity (Wildman–Crippen MR) is 218 cm³/mol. The molecular weight excluding hydrogens is 617 g/mol. The normalized spacial score (nSPS) is 20.2. The van der Waals surface area contributed by atoms with Crippen molar-refractivity contribution in [3.8, 4) is 33.4 Å². The number of fused-ring (bicyclic) bond motifs is 9. The summed E-state index contributed by atoms with van der Waals surface area (Å²) in [5.74, 6) is 0. The Balaban J connectivity index is 1.38. The van der Waals surface area contributed by atoms with Crippen molar-refractivity contribution in [1.82, 2.24) is 0 Å². The molecule has 0 unspecified atom stereocenters. The molecule has 0 fully saturated rings. The lowest BCUT2D eigenvalue weighted by atomic mass is 9.85. The Hall–Kier alpha value is -6.70. The van der Waals surface area contributed by atoms with Crippen molar-refractivity contribution in [1.29, 1.82) is 0 Å². The van der Waals surface area contributed by atoms with Crippen molar-refractivity contribution < 1.29 is 45.5 Å². The number of rotatable bonds is 3. The number of furan rings is 1. The van der Waals surface area contributed by atoms with E-state index in [9.17, 15) is 19.2 Å². The molecule has 51 heavy (non-hydrogen) atoms. The van der Waals surface area contributed by atoms with Crippen LogP contribution in [0.3, 0.4) is 0 Å². The van der Waals surface area contributed by atoms with Crippen LogP contribution < -0.4 is 0 Å². The predicted octanol–water partition coefficient (Wildman–Crippen LogP) is 14.4. The Bertz CT molecular complexity index is 4850. The van der Waals surface area contributed by atoms with Gasteiger partial charge in [-0.3, -0.25) is 0 Å². The Morgan fingerprint density at radius 3 is 1.49 bits per heavy atom. The first-order chi connectivity index (χ1) is 37.8. The second kappa shape index (κ2) is 10.9. The van der Waals surface area contributed by atoms with Gasteiger partial charge in [0.2, 0.25) is 0 Å². The summed E-state index contributed by atoms with van der Waals surface area (Å²) < 4.78 is 278. The van der Waals surface area contributed by atoms with Crippen LogP contribution in [-0.2, 0) is 0 Å². The first-order valence-electron chi connectivity index (χ1n) is 30.2. The molecule has 1 nitrogen and oxygen atoms in total. The van der Waals surface area contributed by atoms with Gasteiger partial charge in [0.05, 0.1) is 41.1 Å². The lowest BCUT2D eigenvalue weighted by molar-refractivity contribution is 0.673. The van der Waals surface area contributed by atoms with Crippen molar-refractivity contribution in [2.75, 3.05) is 0 Å². The zero-order valence-electron chi connectivity index (χ0n) is 55.4. The van der Waals surface area contributed by atoms with Gasteiger partial charge in [0.15, 0.2) is 0 Å². The molecule has 0 aliphatic carbocycles. The minimum Gasteiger partial charge on any atom is -0.455 e. The van der Waals surface area contributed by atoms with Gasteiger partial charge in [-0.1, -0.05) is 151 Å². The molecule has 0 aliphatic heterocycles. The highest BCUT2D eigenvalue weighted by molar-refractivity contribution is 6.22. The Kier molecular flexibility index (Phi) is 2.50. The van der Waals surface area contributed by atoms with Crippen molar-refractivity contribution in [2.45, 2.75) is 0 Å². The molecule has 1 heteroatoms. The fraction of sp³-hybridized carbons (Fsp3) is 0. The van der Waals surface area contributed by atoms with Crippen LogP contribution in [0, 0.1) is 0 Å². The fourth-order valence-electron chi connectivity index (χ4n) is 6.31. The summed E-state index contributed by atoms with van der Waals surface area (Å²) in [6.45, 7) is 0. The van der Waals surface area contributed by atoms with Crippen LogP contribution in [0.2, 0.25) is 0 Å². The number of benzene rings is 10. The molecule has 11 aromatic rings. The molecule has 0 atom stereocenters. The van der Waals surface area contributed by atoms with Gasteiger partial charge in [-0.05, 0) is 112 Å². The molecular formula is C50H30O. The second-order valence-electron chi connectivity index (χ2n) is 11.3. The Morgan fingerprint density at radius 1 is 0.333 bits per heavy atom. The molecule has 1 aromatic heterocycles. The minimum absolute atomic E-state index is 0.443. The molecule has 0 N–H and O–H groups in total. The Labute approximate surface area is 336 Å². The molecule has 0 spiro atoms. The van der Waals surface area contributed by atoms with Gasteiger partial charge < -0.3 is 4.42 Å². The molecule has 1 heterocycles. The standard InChI is InChI=1S/C50H30O/c1-2-12-34-28-36(24-21-31(34)10-1)47-41-14-5-7-16-43(41)48(44-17-8-6-15-42(44)47)37-25-22-32-20-23-35(29-38(32)30-37)39-18-9-19-46-49(39)45-27-26-33-11-3-4-13-40(33)50(45)51-46/h1-30H/i1D,2D,3D,4D,5D,6D,7D,8D,9D,10D,11D,12D,13D,14D,15D,16D,17D,18D,19D,20D,21D,22D,23D,24D,25D,26D,27D,28D,29D,30D. The van der Waals surface area contributed by atoms with Crippen LogP contribution in [0.5, 0.6) is 0 Å². The molecule has 11 rings (SSSR count). The van der Waals surface area contributed by atoms with Crippen molar-refractivity contribution in [2.24, 2.45) is 0 Å². The summed E-state index contributed by atoms with van der Waals surface area (Å²) in [5, 5.41) is -7.81. The van der Waals surface area contributed by atoms with Gasteiger partial charge in [0.1, 0.15) is 11.2 Å². The van der Waals surface area contributed by atoms with Crippen LogP contribution in [0.1, 0.15) is 41.1 Å². The van der Waals surface area contributed by atoms with E-state index in [1.165, 1.54) is 0 Å². The van der Waals surface area contributed by atoms with E-state index in [1.54, 1.807) is 0 Å². The maximum absolute atomic E-state index is 10.0. The monoisotopic (exact) mass is 676 g/mol. The molecule has 0 amide bonds. The van der Waals surface area contributed by atoms with Crippen molar-refractivity contribution in [3.05, 3.63) is 181 Å². The van der Waals surface area contributed by atoms with E-state index in [0.717, 1.165) is 0 Å². The maximum atomic E-state index is 10.0. The first kappa shape index (κ1) is 11.7. The van der Waals surface area contributed by atoms with Crippen LogP contribution in [0.15, 0.2) is 186 Å². The summed E-state index contributed by atoms with van der Waals surface area (Å²) in [6.07, 6.45) is 0. The largest absolute Gasteiger partial charge is 0.455 e. The van der Waals surface area contributed by atoms with E-state index in [1.807, 2.05) is 0 Å². The molecule has 0 saturated carbocycles. The average molecular weight is 677 g/mol. The minimum atomic E-state index is -1.07. The smallest absolute Gasteiger partial charge is 0.143 e.